The van der Waals surface area contributed by atoms with Gasteiger partial charge in [-0.25, -0.2) is 4.98 Å². The topological polar surface area (TPSA) is 56.2 Å². The first-order valence-corrected chi connectivity index (χ1v) is 7.84. The Kier molecular flexibility index (Phi) is 5.22. The van der Waals surface area contributed by atoms with Gasteiger partial charge in [-0.15, -0.1) is 0 Å². The molecule has 0 aliphatic heterocycles. The van der Waals surface area contributed by atoms with Crippen LogP contribution in [0.5, 0.6) is 0 Å². The number of hydrogen-bond donors (Lipinski definition) is 0. The van der Waals surface area contributed by atoms with Crippen LogP contribution in [0.15, 0.2) is 69.7 Å². The van der Waals surface area contributed by atoms with Gasteiger partial charge in [-0.3, -0.25) is 4.79 Å². The van der Waals surface area contributed by atoms with Gasteiger partial charge in [0.15, 0.2) is 5.76 Å². The SMILES string of the molecule is Cc1oc(-c2ccco2)nc1C=Cc1ccc(C=CC=CC=O)cc1. The van der Waals surface area contributed by atoms with Crippen molar-refractivity contribution < 1.29 is 13.6 Å². The number of furan rings is 1. The van der Waals surface area contributed by atoms with Crippen LogP contribution in [0, 0.1) is 6.92 Å². The Labute approximate surface area is 145 Å². The zero-order valence-corrected chi connectivity index (χ0v) is 13.8. The molecule has 0 aliphatic rings. The van der Waals surface area contributed by atoms with Gasteiger partial charge in [0.1, 0.15) is 17.7 Å². The largest absolute Gasteiger partial charge is 0.459 e. The summed E-state index contributed by atoms with van der Waals surface area (Å²) < 4.78 is 10.9. The van der Waals surface area contributed by atoms with Crippen LogP contribution < -0.4 is 0 Å². The summed E-state index contributed by atoms with van der Waals surface area (Å²) in [7, 11) is 0. The monoisotopic (exact) mass is 331 g/mol. The highest BCUT2D eigenvalue weighted by Gasteiger charge is 2.11. The summed E-state index contributed by atoms with van der Waals surface area (Å²) in [6.07, 6.45) is 13.2. The van der Waals surface area contributed by atoms with Crippen molar-refractivity contribution in [2.75, 3.05) is 0 Å². The number of aldehydes is 1. The van der Waals surface area contributed by atoms with Crippen molar-refractivity contribution in [3.05, 3.63) is 83.5 Å². The fourth-order valence-corrected chi connectivity index (χ4v) is 2.24. The van der Waals surface area contributed by atoms with Crippen molar-refractivity contribution in [1.29, 1.82) is 0 Å². The van der Waals surface area contributed by atoms with Crippen LogP contribution in [0.1, 0.15) is 22.6 Å². The molecule has 1 aromatic carbocycles. The van der Waals surface area contributed by atoms with Crippen LogP contribution in [-0.4, -0.2) is 11.3 Å². The fourth-order valence-electron chi connectivity index (χ4n) is 2.24. The van der Waals surface area contributed by atoms with Gasteiger partial charge in [-0.1, -0.05) is 48.6 Å². The number of allylic oxidation sites excluding steroid dienone is 3. The van der Waals surface area contributed by atoms with Crippen LogP contribution >= 0.6 is 0 Å². The molecular weight excluding hydrogens is 314 g/mol. The molecule has 124 valence electrons. The lowest BCUT2D eigenvalue weighted by atomic mass is 10.1. The first-order valence-electron chi connectivity index (χ1n) is 7.84. The maximum Gasteiger partial charge on any atom is 0.263 e. The third kappa shape index (κ3) is 4.32. The molecule has 2 heterocycles. The molecule has 0 unspecified atom stereocenters. The molecule has 25 heavy (non-hydrogen) atoms. The number of rotatable bonds is 6. The zero-order valence-electron chi connectivity index (χ0n) is 13.8. The number of carbonyl (C=O) groups excluding carboxylic acids is 1. The van der Waals surface area contributed by atoms with E-state index in [0.717, 1.165) is 28.9 Å². The Bertz CT molecular complexity index is 911. The predicted octanol–water partition coefficient (Wildman–Crippen LogP) is 5.18. The van der Waals surface area contributed by atoms with Gasteiger partial charge >= 0.3 is 0 Å². The Hall–Kier alpha value is -3.40. The molecule has 0 N–H and O–H groups in total. The van der Waals surface area contributed by atoms with Crippen LogP contribution in [0.3, 0.4) is 0 Å². The molecule has 3 rings (SSSR count). The molecule has 3 aromatic rings. The molecule has 2 aromatic heterocycles. The van der Waals surface area contributed by atoms with Crippen molar-refractivity contribution in [2.45, 2.75) is 6.92 Å². The second-order valence-corrected chi connectivity index (χ2v) is 5.32. The third-order valence-corrected chi connectivity index (χ3v) is 3.52. The van der Waals surface area contributed by atoms with E-state index in [1.165, 1.54) is 6.08 Å². The Morgan fingerprint density at radius 1 is 0.920 bits per heavy atom. The molecule has 0 aliphatic carbocycles. The van der Waals surface area contributed by atoms with Crippen molar-refractivity contribution >= 4 is 24.5 Å². The summed E-state index contributed by atoms with van der Waals surface area (Å²) >= 11 is 0. The summed E-state index contributed by atoms with van der Waals surface area (Å²) in [5.41, 5.74) is 2.89. The quantitative estimate of drug-likeness (QED) is 0.355. The van der Waals surface area contributed by atoms with Gasteiger partial charge in [-0.2, -0.15) is 0 Å². The normalized spacial score (nSPS) is 11.9. The number of aromatic nitrogens is 1. The minimum absolute atomic E-state index is 0.478. The fraction of sp³-hybridized carbons (Fsp3) is 0.0476. The first kappa shape index (κ1) is 16.5. The van der Waals surface area contributed by atoms with Crippen molar-refractivity contribution in [3.8, 4) is 11.7 Å². The van der Waals surface area contributed by atoms with E-state index in [4.69, 9.17) is 8.83 Å². The lowest BCUT2D eigenvalue weighted by Crippen LogP contribution is -1.78. The summed E-state index contributed by atoms with van der Waals surface area (Å²) in [4.78, 5) is 14.6. The smallest absolute Gasteiger partial charge is 0.263 e. The number of aryl methyl sites for hydroxylation is 1. The highest BCUT2D eigenvalue weighted by Crippen LogP contribution is 2.23. The first-order chi connectivity index (χ1) is 12.3. The molecule has 0 amide bonds. The van der Waals surface area contributed by atoms with E-state index in [-0.39, 0.29) is 0 Å². The van der Waals surface area contributed by atoms with Gasteiger partial charge in [0.05, 0.1) is 6.26 Å². The molecule has 0 saturated carbocycles. The van der Waals surface area contributed by atoms with E-state index in [1.807, 2.05) is 61.6 Å². The van der Waals surface area contributed by atoms with Gasteiger partial charge < -0.3 is 8.83 Å². The molecule has 0 saturated heterocycles. The molecule has 4 nitrogen and oxygen atoms in total. The second-order valence-electron chi connectivity index (χ2n) is 5.32. The van der Waals surface area contributed by atoms with E-state index in [9.17, 15) is 4.79 Å². The molecule has 0 atom stereocenters. The van der Waals surface area contributed by atoms with Crippen LogP contribution in [-0.2, 0) is 4.79 Å². The highest BCUT2D eigenvalue weighted by atomic mass is 16.4. The zero-order chi connectivity index (χ0) is 17.5. The van der Waals surface area contributed by atoms with Crippen LogP contribution in [0.4, 0.5) is 0 Å². The average molecular weight is 331 g/mol. The maximum absolute atomic E-state index is 10.2. The standard InChI is InChI=1S/C21H17NO3/c1-16-19(22-21(25-16)20-7-5-15-24-20)13-12-18-10-8-17(9-11-18)6-3-2-4-14-23/h2-15H,1H3. The second kappa shape index (κ2) is 7.93. The minimum atomic E-state index is 0.478. The van der Waals surface area contributed by atoms with Crippen LogP contribution in [0.25, 0.3) is 29.9 Å². The van der Waals surface area contributed by atoms with E-state index >= 15 is 0 Å². The number of carbonyl (C=O) groups is 1. The molecule has 0 spiro atoms. The minimum Gasteiger partial charge on any atom is -0.459 e. The van der Waals surface area contributed by atoms with Gasteiger partial charge in [0, 0.05) is 0 Å². The van der Waals surface area contributed by atoms with E-state index in [1.54, 1.807) is 18.4 Å². The average Bonchev–Trinajstić information content (AvgIpc) is 3.28. The predicted molar refractivity (Wildman–Crippen MR) is 98.6 cm³/mol. The number of nitrogens with zero attached hydrogens (tertiary/aromatic N) is 1. The van der Waals surface area contributed by atoms with Crippen molar-refractivity contribution in [3.63, 3.8) is 0 Å². The van der Waals surface area contributed by atoms with Gasteiger partial charge in [0.25, 0.3) is 5.89 Å². The molecule has 4 heteroatoms. The third-order valence-electron chi connectivity index (χ3n) is 3.52. The summed E-state index contributed by atoms with van der Waals surface area (Å²) in [5.74, 6) is 1.83. The van der Waals surface area contributed by atoms with Gasteiger partial charge in [-0.05, 0) is 42.3 Å². The summed E-state index contributed by atoms with van der Waals surface area (Å²) in [6.45, 7) is 1.87. The molecular formula is C21H17NO3. The highest BCUT2D eigenvalue weighted by molar-refractivity contribution is 5.70. The lowest BCUT2D eigenvalue weighted by molar-refractivity contribution is -0.104. The Morgan fingerprint density at radius 3 is 2.36 bits per heavy atom. The number of hydrogen-bond acceptors (Lipinski definition) is 4. The van der Waals surface area contributed by atoms with E-state index in [2.05, 4.69) is 4.98 Å². The lowest BCUT2D eigenvalue weighted by Gasteiger charge is -1.95. The summed E-state index contributed by atoms with van der Waals surface area (Å²) in [5, 5.41) is 0. The van der Waals surface area contributed by atoms with Gasteiger partial charge in [0.2, 0.25) is 0 Å². The number of benzene rings is 1. The summed E-state index contributed by atoms with van der Waals surface area (Å²) in [6, 6.07) is 11.7. The molecule has 0 fully saturated rings. The van der Waals surface area contributed by atoms with E-state index in [0.29, 0.717) is 11.7 Å². The molecule has 0 radical (unpaired) electrons. The Morgan fingerprint density at radius 2 is 1.68 bits per heavy atom. The Balaban J connectivity index is 1.71. The van der Waals surface area contributed by atoms with Crippen molar-refractivity contribution in [1.82, 2.24) is 4.98 Å². The number of oxazole rings is 1. The van der Waals surface area contributed by atoms with E-state index < -0.39 is 0 Å². The van der Waals surface area contributed by atoms with Crippen molar-refractivity contribution in [2.24, 2.45) is 0 Å². The maximum atomic E-state index is 10.2. The van der Waals surface area contributed by atoms with Crippen LogP contribution in [0.2, 0.25) is 0 Å². The molecule has 0 bridgehead atoms.